The van der Waals surface area contributed by atoms with Crippen molar-refractivity contribution < 1.29 is 13.5 Å². The lowest BCUT2D eigenvalue weighted by atomic mass is 10.2. The van der Waals surface area contributed by atoms with Gasteiger partial charge in [-0.1, -0.05) is 42.0 Å². The van der Waals surface area contributed by atoms with Crippen LogP contribution in [0.15, 0.2) is 53.5 Å². The highest BCUT2D eigenvalue weighted by Gasteiger charge is 2.22. The Morgan fingerprint density at radius 2 is 1.62 bits per heavy atom. The zero-order valence-corrected chi connectivity index (χ0v) is 12.0. The summed E-state index contributed by atoms with van der Waals surface area (Å²) in [4.78, 5) is 3.92. The van der Waals surface area contributed by atoms with E-state index in [1.54, 1.807) is 6.92 Å². The van der Waals surface area contributed by atoms with E-state index in [4.69, 9.17) is 4.74 Å². The van der Waals surface area contributed by atoms with Gasteiger partial charge in [-0.25, -0.2) is 13.8 Å². The van der Waals surface area contributed by atoms with E-state index in [1.807, 2.05) is 18.2 Å². The lowest BCUT2D eigenvalue weighted by Crippen LogP contribution is -2.11. The Morgan fingerprint density at radius 1 is 1.00 bits per heavy atom. The maximum absolute atomic E-state index is 13.2. The molecule has 0 radical (unpaired) electrons. The molecule has 0 N–H and O–H groups in total. The molecule has 1 unspecified atom stereocenters. The van der Waals surface area contributed by atoms with Gasteiger partial charge in [-0.05, 0) is 26.0 Å². The Hall–Kier alpha value is -2.23. The molecule has 1 aliphatic rings. The van der Waals surface area contributed by atoms with Crippen molar-refractivity contribution in [2.45, 2.75) is 20.0 Å². The molecule has 1 aliphatic heterocycles. The van der Waals surface area contributed by atoms with Gasteiger partial charge in [0.2, 0.25) is 5.90 Å². The van der Waals surface area contributed by atoms with Crippen molar-refractivity contribution in [1.29, 1.82) is 0 Å². The minimum absolute atomic E-state index is 0.0631. The second-order valence-electron chi connectivity index (χ2n) is 4.83. The second kappa shape index (κ2) is 6.97. The molecule has 0 bridgehead atoms. The maximum Gasteiger partial charge on any atom is 0.222 e. The molecule has 0 aliphatic carbocycles. The average Bonchev–Trinajstić information content (AvgIpc) is 2.86. The number of ether oxygens (including phenoxy) is 1. The van der Waals surface area contributed by atoms with Gasteiger partial charge in [-0.2, -0.15) is 0 Å². The lowest BCUT2D eigenvalue weighted by molar-refractivity contribution is 0.245. The monoisotopic (exact) mass is 289 g/mol. The van der Waals surface area contributed by atoms with Crippen LogP contribution in [0.25, 0.3) is 0 Å². The summed E-state index contributed by atoms with van der Waals surface area (Å²) in [5, 5.41) is 0. The zero-order valence-electron chi connectivity index (χ0n) is 12.0. The van der Waals surface area contributed by atoms with Crippen molar-refractivity contribution in [3.8, 4) is 0 Å². The summed E-state index contributed by atoms with van der Waals surface area (Å²) < 4.78 is 31.6. The highest BCUT2D eigenvalue weighted by atomic mass is 19.1. The lowest BCUT2D eigenvalue weighted by Gasteiger charge is -2.06. The summed E-state index contributed by atoms with van der Waals surface area (Å²) in [5.41, 5.74) is 1.15. The summed E-state index contributed by atoms with van der Waals surface area (Å²) in [7, 11) is 0. The van der Waals surface area contributed by atoms with Crippen LogP contribution in [-0.2, 0) is 4.74 Å². The van der Waals surface area contributed by atoms with Crippen molar-refractivity contribution in [2.24, 2.45) is 4.99 Å². The summed E-state index contributed by atoms with van der Waals surface area (Å²) in [6.45, 7) is 4.33. The van der Waals surface area contributed by atoms with Crippen molar-refractivity contribution in [1.82, 2.24) is 0 Å². The van der Waals surface area contributed by atoms with Gasteiger partial charge >= 0.3 is 0 Å². The van der Waals surface area contributed by atoms with Crippen LogP contribution in [0.4, 0.5) is 8.78 Å². The van der Waals surface area contributed by atoms with Crippen molar-refractivity contribution in [3.05, 3.63) is 71.3 Å². The molecule has 2 nitrogen and oxygen atoms in total. The third kappa shape index (κ3) is 4.12. The highest BCUT2D eigenvalue weighted by molar-refractivity contribution is 5.95. The zero-order chi connectivity index (χ0) is 15.2. The molecule has 110 valence electrons. The van der Waals surface area contributed by atoms with E-state index in [2.05, 4.69) is 24.0 Å². The number of halogens is 2. The molecule has 3 rings (SSSR count). The number of aryl methyl sites for hydroxylation is 1. The number of benzene rings is 2. The fourth-order valence-electron chi connectivity index (χ4n) is 1.85. The van der Waals surface area contributed by atoms with Gasteiger partial charge in [-0.3, -0.25) is 0 Å². The fourth-order valence-corrected chi connectivity index (χ4v) is 1.85. The van der Waals surface area contributed by atoms with E-state index >= 15 is 0 Å². The van der Waals surface area contributed by atoms with Gasteiger partial charge in [-0.15, -0.1) is 0 Å². The highest BCUT2D eigenvalue weighted by Crippen LogP contribution is 2.18. The summed E-state index contributed by atoms with van der Waals surface area (Å²) in [6, 6.07) is 13.9. The van der Waals surface area contributed by atoms with Gasteiger partial charge < -0.3 is 4.74 Å². The Bertz CT molecular complexity index is 606. The summed E-state index contributed by atoms with van der Waals surface area (Å²) in [5.74, 6) is -1.22. The predicted octanol–water partition coefficient (Wildman–Crippen LogP) is 4.13. The number of nitrogens with zero attached hydrogens (tertiary/aromatic N) is 1. The van der Waals surface area contributed by atoms with Crippen LogP contribution in [0.5, 0.6) is 0 Å². The summed E-state index contributed by atoms with van der Waals surface area (Å²) in [6.07, 6.45) is -0.107. The first-order valence-corrected chi connectivity index (χ1v) is 6.75. The molecule has 0 saturated carbocycles. The Kier molecular flexibility index (Phi) is 5.04. The molecular weight excluding hydrogens is 272 g/mol. The second-order valence-corrected chi connectivity index (χ2v) is 4.83. The van der Waals surface area contributed by atoms with E-state index in [0.29, 0.717) is 6.54 Å². The first-order chi connectivity index (χ1) is 10.1. The van der Waals surface area contributed by atoms with E-state index in [1.165, 1.54) is 23.8 Å². The van der Waals surface area contributed by atoms with Gasteiger partial charge in [0.05, 0.1) is 6.54 Å². The van der Waals surface area contributed by atoms with Crippen molar-refractivity contribution in [2.75, 3.05) is 6.54 Å². The number of hydrogen-bond donors (Lipinski definition) is 0. The Balaban J connectivity index is 0.000000194. The van der Waals surface area contributed by atoms with Crippen LogP contribution < -0.4 is 0 Å². The SMILES string of the molecule is CC1CN=C(c2c(F)cccc2F)O1.Cc1ccccc1. The van der Waals surface area contributed by atoms with Crippen molar-refractivity contribution >= 4 is 5.90 Å². The molecule has 0 amide bonds. The van der Waals surface area contributed by atoms with Crippen LogP contribution in [0, 0.1) is 18.6 Å². The number of rotatable bonds is 1. The smallest absolute Gasteiger partial charge is 0.222 e. The molecule has 0 fully saturated rings. The molecule has 4 heteroatoms. The fraction of sp³-hybridized carbons (Fsp3) is 0.235. The van der Waals surface area contributed by atoms with E-state index in [-0.39, 0.29) is 17.6 Å². The third-order valence-electron chi connectivity index (χ3n) is 2.92. The quantitative estimate of drug-likeness (QED) is 0.773. The Morgan fingerprint density at radius 3 is 2.05 bits per heavy atom. The van der Waals surface area contributed by atoms with Crippen LogP contribution in [-0.4, -0.2) is 18.5 Å². The topological polar surface area (TPSA) is 21.6 Å². The first-order valence-electron chi connectivity index (χ1n) is 6.75. The van der Waals surface area contributed by atoms with E-state index < -0.39 is 11.6 Å². The minimum Gasteiger partial charge on any atom is -0.472 e. The molecule has 0 aromatic heterocycles. The molecule has 0 spiro atoms. The Labute approximate surface area is 123 Å². The molecule has 0 saturated heterocycles. The third-order valence-corrected chi connectivity index (χ3v) is 2.92. The number of hydrogen-bond acceptors (Lipinski definition) is 2. The largest absolute Gasteiger partial charge is 0.472 e. The van der Waals surface area contributed by atoms with Crippen molar-refractivity contribution in [3.63, 3.8) is 0 Å². The van der Waals surface area contributed by atoms with E-state index in [9.17, 15) is 8.78 Å². The van der Waals surface area contributed by atoms with Crippen LogP contribution >= 0.6 is 0 Å². The molecule has 2 aromatic carbocycles. The molecule has 1 heterocycles. The molecule has 1 atom stereocenters. The van der Waals surface area contributed by atoms with Crippen LogP contribution in [0.2, 0.25) is 0 Å². The normalized spacial score (nSPS) is 16.6. The van der Waals surface area contributed by atoms with E-state index in [0.717, 1.165) is 0 Å². The standard InChI is InChI=1S/C10H9F2NO.C7H8/c1-6-5-13-10(14-6)9-7(11)3-2-4-8(9)12;1-7-5-3-2-4-6-7/h2-4,6H,5H2,1H3;2-6H,1H3. The summed E-state index contributed by atoms with van der Waals surface area (Å²) >= 11 is 0. The minimum atomic E-state index is -0.641. The maximum atomic E-state index is 13.2. The predicted molar refractivity (Wildman–Crippen MR) is 79.5 cm³/mol. The number of aliphatic imine (C=N–C) groups is 1. The van der Waals surface area contributed by atoms with Crippen LogP contribution in [0.1, 0.15) is 18.1 Å². The van der Waals surface area contributed by atoms with Gasteiger partial charge in [0.25, 0.3) is 0 Å². The van der Waals surface area contributed by atoms with Gasteiger partial charge in [0.15, 0.2) is 0 Å². The molecular formula is C17H17F2NO. The molecule has 2 aromatic rings. The van der Waals surface area contributed by atoms with Gasteiger partial charge in [0.1, 0.15) is 23.3 Å². The van der Waals surface area contributed by atoms with Crippen LogP contribution in [0.3, 0.4) is 0 Å². The first kappa shape index (κ1) is 15.2. The average molecular weight is 289 g/mol. The van der Waals surface area contributed by atoms with Gasteiger partial charge in [0, 0.05) is 0 Å². The molecule has 21 heavy (non-hydrogen) atoms.